The molecule has 0 aromatic heterocycles. The molecule has 17 heavy (non-hydrogen) atoms. The molecule has 1 rings (SSSR count). The van der Waals surface area contributed by atoms with Crippen molar-refractivity contribution in [1.82, 2.24) is 5.43 Å². The molecule has 0 fully saturated rings. The van der Waals surface area contributed by atoms with E-state index in [9.17, 15) is 10.1 Å². The Morgan fingerprint density at radius 1 is 1.47 bits per heavy atom. The van der Waals surface area contributed by atoms with Crippen molar-refractivity contribution in [2.75, 3.05) is 0 Å². The molecule has 0 unspecified atom stereocenters. The molecule has 0 saturated heterocycles. The first-order chi connectivity index (χ1) is 7.99. The van der Waals surface area contributed by atoms with Crippen LogP contribution >= 0.6 is 0 Å². The van der Waals surface area contributed by atoms with Crippen LogP contribution in [-0.4, -0.2) is 21.8 Å². The number of hydrogen-bond acceptors (Lipinski definition) is 4. The van der Waals surface area contributed by atoms with Crippen LogP contribution in [0.25, 0.3) is 0 Å². The molecule has 0 saturated carbocycles. The van der Waals surface area contributed by atoms with Crippen molar-refractivity contribution in [3.8, 4) is 5.75 Å². The Morgan fingerprint density at radius 3 is 2.59 bits per heavy atom. The van der Waals surface area contributed by atoms with E-state index in [4.69, 9.17) is 10.8 Å². The first-order valence-electron chi connectivity index (χ1n) is 4.57. The fourth-order valence-corrected chi connectivity index (χ4v) is 1.02. The van der Waals surface area contributed by atoms with E-state index in [-0.39, 0.29) is 5.75 Å². The second-order valence-corrected chi connectivity index (χ2v) is 3.08. The Hall–Kier alpha value is -2.64. The molecule has 0 radical (unpaired) electrons. The number of nitro groups is 1. The van der Waals surface area contributed by atoms with Crippen molar-refractivity contribution in [2.45, 2.75) is 6.92 Å². The zero-order valence-electron chi connectivity index (χ0n) is 8.99. The summed E-state index contributed by atoms with van der Waals surface area (Å²) in [4.78, 5) is 9.98. The SMILES string of the molecule is CC(=NNC(N)=N[N+](=O)[O-])c1ccc(O)cc1. The molecule has 0 spiro atoms. The lowest BCUT2D eigenvalue weighted by Crippen LogP contribution is -2.29. The highest BCUT2D eigenvalue weighted by molar-refractivity contribution is 5.99. The summed E-state index contributed by atoms with van der Waals surface area (Å²) in [5.41, 5.74) is 8.70. The third-order valence-electron chi connectivity index (χ3n) is 1.81. The molecular weight excluding hydrogens is 226 g/mol. The lowest BCUT2D eigenvalue weighted by atomic mass is 10.1. The van der Waals surface area contributed by atoms with E-state index in [2.05, 4.69) is 15.6 Å². The van der Waals surface area contributed by atoms with E-state index >= 15 is 0 Å². The van der Waals surface area contributed by atoms with Crippen molar-refractivity contribution in [3.63, 3.8) is 0 Å². The number of nitrogens with one attached hydrogen (secondary N) is 1. The maximum absolute atomic E-state index is 9.98. The highest BCUT2D eigenvalue weighted by atomic mass is 16.7. The topological polar surface area (TPSA) is 126 Å². The molecule has 90 valence electrons. The van der Waals surface area contributed by atoms with Gasteiger partial charge in [0.15, 0.2) is 5.03 Å². The van der Waals surface area contributed by atoms with Gasteiger partial charge in [0.25, 0.3) is 5.96 Å². The molecule has 8 heteroatoms. The van der Waals surface area contributed by atoms with Crippen LogP contribution in [-0.2, 0) is 0 Å². The number of benzene rings is 1. The number of aromatic hydroxyl groups is 1. The Balaban J connectivity index is 2.73. The Labute approximate surface area is 96.6 Å². The second-order valence-electron chi connectivity index (χ2n) is 3.08. The Kier molecular flexibility index (Phi) is 3.98. The van der Waals surface area contributed by atoms with E-state index in [1.165, 1.54) is 12.1 Å². The van der Waals surface area contributed by atoms with Crippen molar-refractivity contribution in [2.24, 2.45) is 15.9 Å². The first kappa shape index (κ1) is 12.4. The summed E-state index contributed by atoms with van der Waals surface area (Å²) < 4.78 is 0. The summed E-state index contributed by atoms with van der Waals surface area (Å²) in [6.45, 7) is 1.68. The quantitative estimate of drug-likeness (QED) is 0.300. The number of nitrogens with two attached hydrogens (primary N) is 1. The Bertz CT molecular complexity index is 466. The zero-order chi connectivity index (χ0) is 12.8. The molecule has 8 nitrogen and oxygen atoms in total. The lowest BCUT2D eigenvalue weighted by molar-refractivity contribution is -0.485. The van der Waals surface area contributed by atoms with Crippen molar-refractivity contribution in [3.05, 3.63) is 39.9 Å². The third kappa shape index (κ3) is 4.16. The number of nitrogens with zero attached hydrogens (tertiary/aromatic N) is 3. The Morgan fingerprint density at radius 2 is 2.06 bits per heavy atom. The van der Waals surface area contributed by atoms with Crippen molar-refractivity contribution < 1.29 is 10.1 Å². The van der Waals surface area contributed by atoms with Crippen LogP contribution in [0.2, 0.25) is 0 Å². The molecule has 0 bridgehead atoms. The van der Waals surface area contributed by atoms with Gasteiger partial charge in [-0.05, 0) is 36.8 Å². The molecule has 0 heterocycles. The van der Waals surface area contributed by atoms with Gasteiger partial charge >= 0.3 is 0 Å². The normalized spacial score (nSPS) is 12.3. The van der Waals surface area contributed by atoms with E-state index in [0.29, 0.717) is 5.71 Å². The molecular formula is C9H11N5O3. The summed E-state index contributed by atoms with van der Waals surface area (Å²) in [5, 5.41) is 24.8. The van der Waals surface area contributed by atoms with Crippen molar-refractivity contribution in [1.29, 1.82) is 0 Å². The highest BCUT2D eigenvalue weighted by Gasteiger charge is 2.00. The van der Waals surface area contributed by atoms with Gasteiger partial charge in [0, 0.05) is 0 Å². The van der Waals surface area contributed by atoms with Gasteiger partial charge in [0.05, 0.1) is 5.71 Å². The third-order valence-corrected chi connectivity index (χ3v) is 1.81. The van der Waals surface area contributed by atoms with Gasteiger partial charge in [-0.2, -0.15) is 5.10 Å². The van der Waals surface area contributed by atoms with Crippen LogP contribution < -0.4 is 11.2 Å². The monoisotopic (exact) mass is 237 g/mol. The molecule has 4 N–H and O–H groups in total. The molecule has 0 aliphatic carbocycles. The first-order valence-corrected chi connectivity index (χ1v) is 4.57. The van der Waals surface area contributed by atoms with E-state index < -0.39 is 11.0 Å². The summed E-state index contributed by atoms with van der Waals surface area (Å²) in [5.74, 6) is -0.267. The summed E-state index contributed by atoms with van der Waals surface area (Å²) >= 11 is 0. The predicted octanol–water partition coefficient (Wildman–Crippen LogP) is 0.212. The van der Waals surface area contributed by atoms with E-state index in [1.807, 2.05) is 0 Å². The van der Waals surface area contributed by atoms with Gasteiger partial charge in [-0.3, -0.25) is 0 Å². The van der Waals surface area contributed by atoms with Crippen LogP contribution in [0.3, 0.4) is 0 Å². The zero-order valence-corrected chi connectivity index (χ0v) is 8.99. The molecule has 1 aromatic rings. The van der Waals surface area contributed by atoms with Gasteiger partial charge in [0.2, 0.25) is 0 Å². The van der Waals surface area contributed by atoms with Gasteiger partial charge in [-0.1, -0.05) is 0 Å². The number of phenols is 1. The number of guanidine groups is 1. The molecule has 1 aromatic carbocycles. The molecule has 0 aliphatic rings. The lowest BCUT2D eigenvalue weighted by Gasteiger charge is -2.01. The summed E-state index contributed by atoms with van der Waals surface area (Å²) in [6, 6.07) is 6.30. The van der Waals surface area contributed by atoms with Crippen molar-refractivity contribution >= 4 is 11.7 Å². The smallest absolute Gasteiger partial charge is 0.286 e. The van der Waals surface area contributed by atoms with Crippen LogP contribution in [0.5, 0.6) is 5.75 Å². The predicted molar refractivity (Wildman–Crippen MR) is 62.1 cm³/mol. The minimum Gasteiger partial charge on any atom is -0.508 e. The fraction of sp³-hybridized carbons (Fsp3) is 0.111. The van der Waals surface area contributed by atoms with Gasteiger partial charge in [0.1, 0.15) is 10.9 Å². The molecule has 0 aliphatic heterocycles. The maximum atomic E-state index is 9.98. The summed E-state index contributed by atoms with van der Waals surface area (Å²) in [7, 11) is 0. The molecule has 0 amide bonds. The van der Waals surface area contributed by atoms with Crippen LogP contribution in [0.15, 0.2) is 34.5 Å². The number of rotatable bonds is 3. The summed E-state index contributed by atoms with van der Waals surface area (Å²) in [6.07, 6.45) is 0. The minimum absolute atomic E-state index is 0.143. The highest BCUT2D eigenvalue weighted by Crippen LogP contribution is 2.09. The van der Waals surface area contributed by atoms with Crippen LogP contribution in [0.4, 0.5) is 0 Å². The fourth-order valence-electron chi connectivity index (χ4n) is 1.02. The average Bonchev–Trinajstić information content (AvgIpc) is 2.26. The minimum atomic E-state index is -0.923. The van der Waals surface area contributed by atoms with E-state index in [0.717, 1.165) is 5.56 Å². The van der Waals surface area contributed by atoms with Gasteiger partial charge in [-0.25, -0.2) is 15.5 Å². The number of hydrogen-bond donors (Lipinski definition) is 3. The van der Waals surface area contributed by atoms with Crippen LogP contribution in [0.1, 0.15) is 12.5 Å². The molecule has 0 atom stereocenters. The largest absolute Gasteiger partial charge is 0.508 e. The number of phenolic OH excluding ortho intramolecular Hbond substituents is 1. The van der Waals surface area contributed by atoms with Crippen LogP contribution in [0, 0.1) is 10.1 Å². The van der Waals surface area contributed by atoms with Gasteiger partial charge < -0.3 is 10.8 Å². The number of hydrazone groups is 2. The van der Waals surface area contributed by atoms with E-state index in [1.54, 1.807) is 19.1 Å². The second kappa shape index (κ2) is 5.45. The maximum Gasteiger partial charge on any atom is 0.286 e. The average molecular weight is 237 g/mol. The van der Waals surface area contributed by atoms with Gasteiger partial charge in [-0.15, -0.1) is 0 Å². The standard InChI is InChI=1S/C9H11N5O3/c1-6(7-2-4-8(15)5-3-7)11-12-9(10)13-14(16)17/h2-5,15H,1H3,(H3,10,12,13).